The van der Waals surface area contributed by atoms with E-state index in [0.29, 0.717) is 17.2 Å². The highest BCUT2D eigenvalue weighted by atomic mass is 35.5. The van der Waals surface area contributed by atoms with Gasteiger partial charge in [-0.25, -0.2) is 4.79 Å². The molecule has 0 radical (unpaired) electrons. The summed E-state index contributed by atoms with van der Waals surface area (Å²) in [6.07, 6.45) is 0. The van der Waals surface area contributed by atoms with Gasteiger partial charge in [-0.15, -0.1) is 0 Å². The number of carbonyl (C=O) groups is 1. The molecule has 2 aromatic rings. The average molecular weight is 389 g/mol. The minimum absolute atomic E-state index is 0.297. The summed E-state index contributed by atoms with van der Waals surface area (Å²) >= 11 is 6.11. The third-order valence-corrected chi connectivity index (χ3v) is 5.06. The van der Waals surface area contributed by atoms with Crippen LogP contribution in [0.15, 0.2) is 48.5 Å². The zero-order valence-electron chi connectivity index (χ0n) is 15.6. The van der Waals surface area contributed by atoms with E-state index in [2.05, 4.69) is 9.80 Å². The third-order valence-electron chi connectivity index (χ3n) is 4.75. The lowest BCUT2D eigenvalue weighted by Gasteiger charge is -2.34. The number of carbonyl (C=O) groups excluding carboxylic acids is 1. The van der Waals surface area contributed by atoms with Gasteiger partial charge in [0.25, 0.3) is 0 Å². The van der Waals surface area contributed by atoms with E-state index in [1.165, 1.54) is 12.7 Å². The van der Waals surface area contributed by atoms with E-state index < -0.39 is 0 Å². The molecular weight excluding hydrogens is 364 g/mol. The second kappa shape index (κ2) is 9.74. The SMILES string of the molecule is COC(=O)c1ccc(CN2CCN(CCOc3ccccc3Cl)CC2)cc1. The van der Waals surface area contributed by atoms with Gasteiger partial charge in [-0.3, -0.25) is 9.80 Å². The Morgan fingerprint density at radius 1 is 1.00 bits per heavy atom. The Morgan fingerprint density at radius 2 is 1.67 bits per heavy atom. The molecule has 0 atom stereocenters. The van der Waals surface area contributed by atoms with Crippen molar-refractivity contribution >= 4 is 17.6 Å². The zero-order valence-corrected chi connectivity index (χ0v) is 16.3. The van der Waals surface area contributed by atoms with Crippen molar-refractivity contribution in [3.63, 3.8) is 0 Å². The van der Waals surface area contributed by atoms with Crippen LogP contribution in [-0.4, -0.2) is 62.2 Å². The lowest BCUT2D eigenvalue weighted by atomic mass is 10.1. The number of hydrogen-bond acceptors (Lipinski definition) is 5. The molecule has 0 aromatic heterocycles. The second-order valence-electron chi connectivity index (χ2n) is 6.59. The summed E-state index contributed by atoms with van der Waals surface area (Å²) in [5.74, 6) is 0.447. The number of para-hydroxylation sites is 1. The van der Waals surface area contributed by atoms with Crippen LogP contribution in [-0.2, 0) is 11.3 Å². The highest BCUT2D eigenvalue weighted by molar-refractivity contribution is 6.32. The number of esters is 1. The summed E-state index contributed by atoms with van der Waals surface area (Å²) in [6.45, 7) is 6.50. The van der Waals surface area contributed by atoms with Crippen LogP contribution in [0.4, 0.5) is 0 Å². The fraction of sp³-hybridized carbons (Fsp3) is 0.381. The van der Waals surface area contributed by atoms with E-state index in [1.807, 2.05) is 48.5 Å². The van der Waals surface area contributed by atoms with Gasteiger partial charge in [0, 0.05) is 39.3 Å². The highest BCUT2D eigenvalue weighted by Gasteiger charge is 2.17. The van der Waals surface area contributed by atoms with Gasteiger partial charge in [0.15, 0.2) is 0 Å². The zero-order chi connectivity index (χ0) is 19.1. The molecule has 6 heteroatoms. The smallest absolute Gasteiger partial charge is 0.337 e. The van der Waals surface area contributed by atoms with Crippen LogP contribution in [0, 0.1) is 0 Å². The first-order valence-electron chi connectivity index (χ1n) is 9.15. The van der Waals surface area contributed by atoms with E-state index in [4.69, 9.17) is 21.1 Å². The Bertz CT molecular complexity index is 743. The molecule has 0 amide bonds. The molecule has 1 saturated heterocycles. The van der Waals surface area contributed by atoms with Crippen molar-refractivity contribution < 1.29 is 14.3 Å². The van der Waals surface area contributed by atoms with E-state index in [9.17, 15) is 4.79 Å². The number of halogens is 1. The maximum Gasteiger partial charge on any atom is 0.337 e. The monoisotopic (exact) mass is 388 g/mol. The Labute approximate surface area is 165 Å². The molecule has 27 heavy (non-hydrogen) atoms. The van der Waals surface area contributed by atoms with Crippen LogP contribution in [0.25, 0.3) is 0 Å². The normalized spacial score (nSPS) is 15.5. The Kier molecular flexibility index (Phi) is 7.10. The van der Waals surface area contributed by atoms with Crippen LogP contribution >= 0.6 is 11.6 Å². The van der Waals surface area contributed by atoms with Crippen molar-refractivity contribution in [3.05, 3.63) is 64.7 Å². The maximum absolute atomic E-state index is 11.5. The van der Waals surface area contributed by atoms with Gasteiger partial charge < -0.3 is 9.47 Å². The predicted octanol–water partition coefficient (Wildman–Crippen LogP) is 3.32. The molecule has 1 aliphatic rings. The molecule has 0 saturated carbocycles. The van der Waals surface area contributed by atoms with Crippen LogP contribution in [0.1, 0.15) is 15.9 Å². The molecule has 0 unspecified atom stereocenters. The standard InChI is InChI=1S/C21H25ClN2O3/c1-26-21(25)18-8-6-17(7-9-18)16-24-12-10-23(11-13-24)14-15-27-20-5-3-2-4-19(20)22/h2-9H,10-16H2,1H3. The summed E-state index contributed by atoms with van der Waals surface area (Å²) < 4.78 is 10.5. The lowest BCUT2D eigenvalue weighted by Crippen LogP contribution is -2.47. The number of nitrogens with zero attached hydrogens (tertiary/aromatic N) is 2. The molecule has 5 nitrogen and oxygen atoms in total. The first-order valence-corrected chi connectivity index (χ1v) is 9.53. The lowest BCUT2D eigenvalue weighted by molar-refractivity contribution is 0.0600. The summed E-state index contributed by atoms with van der Waals surface area (Å²) in [6, 6.07) is 15.2. The molecule has 0 N–H and O–H groups in total. The molecule has 2 aromatic carbocycles. The van der Waals surface area contributed by atoms with Crippen molar-refractivity contribution in [1.82, 2.24) is 9.80 Å². The molecule has 1 aliphatic heterocycles. The number of methoxy groups -OCH3 is 1. The van der Waals surface area contributed by atoms with Crippen LogP contribution < -0.4 is 4.74 Å². The molecule has 1 fully saturated rings. The summed E-state index contributed by atoms with van der Waals surface area (Å²) in [5.41, 5.74) is 1.79. The molecular formula is C21H25ClN2O3. The first-order chi connectivity index (χ1) is 13.2. The van der Waals surface area contributed by atoms with Crippen molar-refractivity contribution in [3.8, 4) is 5.75 Å². The molecule has 0 spiro atoms. The fourth-order valence-electron chi connectivity index (χ4n) is 3.14. The Balaban J connectivity index is 1.38. The number of ether oxygens (including phenoxy) is 2. The molecule has 144 valence electrons. The van der Waals surface area contributed by atoms with Gasteiger partial charge in [-0.1, -0.05) is 35.9 Å². The number of rotatable bonds is 7. The number of piperazine rings is 1. The predicted molar refractivity (Wildman–Crippen MR) is 106 cm³/mol. The summed E-state index contributed by atoms with van der Waals surface area (Å²) in [7, 11) is 1.40. The van der Waals surface area contributed by atoms with Gasteiger partial charge in [0.05, 0.1) is 17.7 Å². The highest BCUT2D eigenvalue weighted by Crippen LogP contribution is 2.23. The molecule has 0 aliphatic carbocycles. The quantitative estimate of drug-likeness (QED) is 0.680. The third kappa shape index (κ3) is 5.70. The van der Waals surface area contributed by atoms with Crippen LogP contribution in [0.2, 0.25) is 5.02 Å². The largest absolute Gasteiger partial charge is 0.491 e. The minimum Gasteiger partial charge on any atom is -0.491 e. The minimum atomic E-state index is -0.297. The van der Waals surface area contributed by atoms with Gasteiger partial charge in [-0.2, -0.15) is 0 Å². The topological polar surface area (TPSA) is 42.0 Å². The number of benzene rings is 2. The second-order valence-corrected chi connectivity index (χ2v) is 6.99. The molecule has 1 heterocycles. The van der Waals surface area contributed by atoms with Crippen molar-refractivity contribution in [2.75, 3.05) is 46.4 Å². The summed E-state index contributed by atoms with van der Waals surface area (Å²) in [5, 5.41) is 0.653. The summed E-state index contributed by atoms with van der Waals surface area (Å²) in [4.78, 5) is 16.3. The maximum atomic E-state index is 11.5. The van der Waals surface area contributed by atoms with Crippen LogP contribution in [0.3, 0.4) is 0 Å². The van der Waals surface area contributed by atoms with Crippen molar-refractivity contribution in [2.45, 2.75) is 6.54 Å². The number of hydrogen-bond donors (Lipinski definition) is 0. The van der Waals surface area contributed by atoms with E-state index in [1.54, 1.807) is 0 Å². The Hall–Kier alpha value is -2.08. The molecule has 3 rings (SSSR count). The van der Waals surface area contributed by atoms with E-state index in [-0.39, 0.29) is 5.97 Å². The average Bonchev–Trinajstić information content (AvgIpc) is 2.71. The molecule has 0 bridgehead atoms. The van der Waals surface area contributed by atoms with E-state index >= 15 is 0 Å². The van der Waals surface area contributed by atoms with E-state index in [0.717, 1.165) is 45.0 Å². The first kappa shape index (κ1) is 19.7. The Morgan fingerprint density at radius 3 is 2.33 bits per heavy atom. The van der Waals surface area contributed by atoms with Crippen molar-refractivity contribution in [2.24, 2.45) is 0 Å². The van der Waals surface area contributed by atoms with Gasteiger partial charge in [0.2, 0.25) is 0 Å². The van der Waals surface area contributed by atoms with Crippen molar-refractivity contribution in [1.29, 1.82) is 0 Å². The van der Waals surface area contributed by atoms with Gasteiger partial charge in [-0.05, 0) is 29.8 Å². The van der Waals surface area contributed by atoms with Crippen LogP contribution in [0.5, 0.6) is 5.75 Å². The van der Waals surface area contributed by atoms with Gasteiger partial charge >= 0.3 is 5.97 Å². The van der Waals surface area contributed by atoms with Gasteiger partial charge in [0.1, 0.15) is 12.4 Å². The fourth-order valence-corrected chi connectivity index (χ4v) is 3.33.